The number of nitrogens with one attached hydrogen (secondary N) is 3. The fourth-order valence-corrected chi connectivity index (χ4v) is 10.1. The summed E-state index contributed by atoms with van der Waals surface area (Å²) in [7, 11) is 0. The van der Waals surface area contributed by atoms with Crippen LogP contribution in [0.2, 0.25) is 0 Å². The van der Waals surface area contributed by atoms with Crippen molar-refractivity contribution in [2.24, 2.45) is 0 Å². The number of carbonyl (C=O) groups excluding carboxylic acids is 5. The minimum Gasteiger partial charge on any atom is -0.493 e. The predicted molar refractivity (Wildman–Crippen MR) is 264 cm³/mol. The molecular formula is C54H67N7O8. The summed E-state index contributed by atoms with van der Waals surface area (Å²) >= 11 is 0. The van der Waals surface area contributed by atoms with Crippen molar-refractivity contribution in [3.63, 3.8) is 0 Å². The fourth-order valence-electron chi connectivity index (χ4n) is 10.1. The third kappa shape index (κ3) is 11.8. The van der Waals surface area contributed by atoms with Gasteiger partial charge in [0.15, 0.2) is 0 Å². The van der Waals surface area contributed by atoms with Crippen LogP contribution >= 0.6 is 0 Å². The standard InChI is InChI=1S/C54H67N7O8/c1-5-42-31-41(21-28-68-42)60(33-44-36(3)29-37(4)56-51(44)64)46-30-40(16-13-35(46)2)39-17-14-38(15-18-39)32-58-23-25-59(26-24-58)34-49(63)55-22-8-6-7-9-27-69-47-12-10-11-43-50(47)54(67)61(53(43)66)45-19-20-48(62)57-52(45)65/h10-18,29-30,41-42,45H,5-9,19-28,31-34H2,1-4H3,(H,55,63)(H,56,64)(H,57,62,65)/i13D. The van der Waals surface area contributed by atoms with Crippen LogP contribution in [0, 0.1) is 20.8 Å². The third-order valence-corrected chi connectivity index (χ3v) is 14.1. The van der Waals surface area contributed by atoms with Gasteiger partial charge in [-0.2, -0.15) is 0 Å². The number of unbranched alkanes of at least 4 members (excludes halogenated alkanes) is 3. The second-order valence-electron chi connectivity index (χ2n) is 19.0. The molecule has 69 heavy (non-hydrogen) atoms. The zero-order valence-corrected chi connectivity index (χ0v) is 40.5. The number of aromatic nitrogens is 1. The van der Waals surface area contributed by atoms with E-state index >= 15 is 0 Å². The monoisotopic (exact) mass is 943 g/mol. The second-order valence-corrected chi connectivity index (χ2v) is 19.0. The van der Waals surface area contributed by atoms with E-state index in [1.165, 1.54) is 5.56 Å². The number of hydrogen-bond acceptors (Lipinski definition) is 11. The maximum Gasteiger partial charge on any atom is 0.266 e. The highest BCUT2D eigenvalue weighted by Crippen LogP contribution is 2.36. The molecule has 3 saturated heterocycles. The zero-order valence-electron chi connectivity index (χ0n) is 41.5. The molecule has 8 rings (SSSR count). The Bertz CT molecular complexity index is 2650. The number of carbonyl (C=O) groups is 5. The number of ether oxygens (including phenoxy) is 2. The predicted octanol–water partition coefficient (Wildman–Crippen LogP) is 6.21. The van der Waals surface area contributed by atoms with Crippen LogP contribution in [0.4, 0.5) is 5.69 Å². The van der Waals surface area contributed by atoms with Gasteiger partial charge in [0.05, 0.1) is 31.8 Å². The SMILES string of the molecule is [2H]c1cc(-c2ccc(CN3CCN(CC(=O)NCCCCCCOc4cccc5c4C(=O)N(C4CCC(=O)NC4=O)C5=O)CC3)cc2)cc(N(Cc2c(C)cc(C)[nH]c2=O)C2CCOC(CC)C2)c1C. The molecule has 0 aliphatic carbocycles. The van der Waals surface area contributed by atoms with Gasteiger partial charge in [0.1, 0.15) is 11.8 Å². The summed E-state index contributed by atoms with van der Waals surface area (Å²) in [6, 6.07) is 19.2. The quantitative estimate of drug-likeness (QED) is 0.0722. The van der Waals surface area contributed by atoms with E-state index < -0.39 is 29.7 Å². The lowest BCUT2D eigenvalue weighted by Gasteiger charge is -2.40. The number of aryl methyl sites for hydroxylation is 2. The van der Waals surface area contributed by atoms with E-state index in [2.05, 4.69) is 67.6 Å². The molecule has 15 nitrogen and oxygen atoms in total. The average Bonchev–Trinajstić information content (AvgIpc) is 3.60. The zero-order chi connectivity index (χ0) is 49.5. The molecule has 366 valence electrons. The van der Waals surface area contributed by atoms with E-state index in [0.29, 0.717) is 44.6 Å². The molecule has 0 bridgehead atoms. The first-order valence-electron chi connectivity index (χ1n) is 25.2. The summed E-state index contributed by atoms with van der Waals surface area (Å²) in [5, 5.41) is 5.28. The van der Waals surface area contributed by atoms with Gasteiger partial charge in [0, 0.05) is 81.8 Å². The summed E-state index contributed by atoms with van der Waals surface area (Å²) in [5.74, 6) is -1.90. The molecule has 15 heteroatoms. The Hall–Kier alpha value is -6.16. The number of fused-ring (bicyclic) bond motifs is 1. The number of piperidine rings is 1. The van der Waals surface area contributed by atoms with Crippen molar-refractivity contribution < 1.29 is 34.8 Å². The van der Waals surface area contributed by atoms with Crippen molar-refractivity contribution in [1.29, 1.82) is 0 Å². The van der Waals surface area contributed by atoms with Crippen molar-refractivity contribution in [3.8, 4) is 16.9 Å². The molecule has 4 aliphatic rings. The number of pyridine rings is 1. The van der Waals surface area contributed by atoms with Crippen LogP contribution in [0.15, 0.2) is 71.5 Å². The lowest BCUT2D eigenvalue weighted by molar-refractivity contribution is -0.136. The van der Waals surface area contributed by atoms with Gasteiger partial charge in [0.2, 0.25) is 17.7 Å². The Balaban J connectivity index is 0.758. The first-order valence-corrected chi connectivity index (χ1v) is 24.7. The minimum absolute atomic E-state index is 0.0194. The van der Waals surface area contributed by atoms with E-state index in [0.717, 1.165) is 122 Å². The fraction of sp³-hybridized carbons (Fsp3) is 0.481. The normalized spacial score (nSPS) is 20.1. The van der Waals surface area contributed by atoms with Gasteiger partial charge in [0.25, 0.3) is 17.4 Å². The highest BCUT2D eigenvalue weighted by Gasteiger charge is 2.46. The van der Waals surface area contributed by atoms with Crippen LogP contribution in [0.25, 0.3) is 11.1 Å². The number of H-pyrrole nitrogens is 1. The highest BCUT2D eigenvalue weighted by atomic mass is 16.5. The molecule has 5 amide bonds. The molecule has 4 aromatic rings. The number of anilines is 1. The maximum atomic E-state index is 13.3. The Morgan fingerprint density at radius 1 is 0.884 bits per heavy atom. The van der Waals surface area contributed by atoms with Crippen LogP contribution in [0.3, 0.4) is 0 Å². The Morgan fingerprint density at radius 3 is 2.41 bits per heavy atom. The van der Waals surface area contributed by atoms with Gasteiger partial charge < -0.3 is 24.7 Å². The van der Waals surface area contributed by atoms with Gasteiger partial charge in [-0.15, -0.1) is 0 Å². The highest BCUT2D eigenvalue weighted by molar-refractivity contribution is 6.24. The molecule has 0 spiro atoms. The van der Waals surface area contributed by atoms with Crippen molar-refractivity contribution in [2.45, 2.75) is 117 Å². The molecular weight excluding hydrogens is 875 g/mol. The molecule has 3 unspecified atom stereocenters. The summed E-state index contributed by atoms with van der Waals surface area (Å²) in [6.07, 6.45) is 6.25. The Labute approximate surface area is 406 Å². The number of imide groups is 2. The number of rotatable bonds is 19. The van der Waals surface area contributed by atoms with E-state index in [4.69, 9.17) is 10.8 Å². The number of nitrogens with zero attached hydrogens (tertiary/aromatic N) is 4. The molecule has 0 radical (unpaired) electrons. The number of hydrogen-bond donors (Lipinski definition) is 3. The maximum absolute atomic E-state index is 13.3. The molecule has 0 saturated carbocycles. The summed E-state index contributed by atoms with van der Waals surface area (Å²) in [4.78, 5) is 87.5. The number of benzene rings is 3. The van der Waals surface area contributed by atoms with Gasteiger partial charge in [-0.3, -0.25) is 48.8 Å². The Kier molecular flexibility index (Phi) is 15.6. The van der Waals surface area contributed by atoms with E-state index in [1.54, 1.807) is 18.2 Å². The van der Waals surface area contributed by atoms with Gasteiger partial charge >= 0.3 is 0 Å². The molecule has 3 N–H and O–H groups in total. The molecule has 4 aliphatic heterocycles. The van der Waals surface area contributed by atoms with Crippen LogP contribution in [0.1, 0.15) is 115 Å². The van der Waals surface area contributed by atoms with Crippen LogP contribution in [0.5, 0.6) is 5.75 Å². The van der Waals surface area contributed by atoms with E-state index in [9.17, 15) is 28.8 Å². The Morgan fingerprint density at radius 2 is 1.65 bits per heavy atom. The van der Waals surface area contributed by atoms with Crippen LogP contribution in [-0.2, 0) is 32.2 Å². The van der Waals surface area contributed by atoms with Gasteiger partial charge in [-0.05, 0) is 111 Å². The van der Waals surface area contributed by atoms with Crippen molar-refractivity contribution in [3.05, 3.63) is 116 Å². The molecule has 5 heterocycles. The summed E-state index contributed by atoms with van der Waals surface area (Å²) in [5.41, 5.74) is 7.94. The van der Waals surface area contributed by atoms with Crippen LogP contribution < -0.4 is 25.8 Å². The van der Waals surface area contributed by atoms with Crippen molar-refractivity contribution in [2.75, 3.05) is 57.4 Å². The van der Waals surface area contributed by atoms with Gasteiger partial charge in [-0.25, -0.2) is 0 Å². The topological polar surface area (TPSA) is 174 Å². The van der Waals surface area contributed by atoms with Crippen LogP contribution in [-0.4, -0.2) is 120 Å². The van der Waals surface area contributed by atoms with E-state index in [-0.39, 0.29) is 47.6 Å². The largest absolute Gasteiger partial charge is 0.493 e. The van der Waals surface area contributed by atoms with E-state index in [1.807, 2.05) is 32.9 Å². The number of piperazine rings is 1. The number of amides is 5. The lowest BCUT2D eigenvalue weighted by atomic mass is 9.95. The second kappa shape index (κ2) is 22.5. The molecule has 3 aromatic carbocycles. The lowest BCUT2D eigenvalue weighted by Crippen LogP contribution is -2.54. The van der Waals surface area contributed by atoms with Crippen molar-refractivity contribution >= 4 is 35.2 Å². The minimum atomic E-state index is -1.03. The van der Waals surface area contributed by atoms with Crippen molar-refractivity contribution in [1.82, 2.24) is 30.3 Å². The third-order valence-electron chi connectivity index (χ3n) is 14.1. The first-order chi connectivity index (χ1) is 33.8. The first kappa shape index (κ1) is 47.9. The van der Waals surface area contributed by atoms with Gasteiger partial charge in [-0.1, -0.05) is 62.2 Å². The molecule has 1 aromatic heterocycles. The molecule has 3 atom stereocenters. The number of aromatic amines is 1. The smallest absolute Gasteiger partial charge is 0.266 e. The summed E-state index contributed by atoms with van der Waals surface area (Å²) in [6.45, 7) is 14.6. The average molecular weight is 943 g/mol. The summed E-state index contributed by atoms with van der Waals surface area (Å²) < 4.78 is 21.1. The molecule has 3 fully saturated rings.